The maximum Gasteiger partial charge on any atom is 0.303 e. The minimum atomic E-state index is -0.905. The maximum atomic E-state index is 12.0. The van der Waals surface area contributed by atoms with E-state index in [-0.39, 0.29) is 24.0 Å². The van der Waals surface area contributed by atoms with Crippen molar-refractivity contribution >= 4 is 11.8 Å². The number of carboxylic acid groups (broad SMARTS) is 1. The van der Waals surface area contributed by atoms with Gasteiger partial charge in [-0.25, -0.2) is 0 Å². The summed E-state index contributed by atoms with van der Waals surface area (Å²) in [6.07, 6.45) is 1.79. The maximum absolute atomic E-state index is 12.0. The number of hydrogen-bond donors (Lipinski definition) is 1. The molecule has 0 amide bonds. The SMILES string of the molecule is O=C(O)CCC(=O)C1(c2ccccc2)CC1. The van der Waals surface area contributed by atoms with Crippen LogP contribution in [0, 0.1) is 0 Å². The summed E-state index contributed by atoms with van der Waals surface area (Å²) in [5.74, 6) is -0.835. The predicted octanol–water partition coefficient (Wildman–Crippen LogP) is 2.15. The highest BCUT2D eigenvalue weighted by atomic mass is 16.4. The number of carbonyl (C=O) groups excluding carboxylic acids is 1. The lowest BCUT2D eigenvalue weighted by Gasteiger charge is -2.13. The molecular weight excluding hydrogens is 204 g/mol. The fraction of sp³-hybridized carbons (Fsp3) is 0.385. The molecule has 1 aliphatic rings. The van der Waals surface area contributed by atoms with Crippen molar-refractivity contribution < 1.29 is 14.7 Å². The third kappa shape index (κ3) is 1.98. The molecule has 1 N–H and O–H groups in total. The van der Waals surface area contributed by atoms with Crippen LogP contribution in [-0.4, -0.2) is 16.9 Å². The normalized spacial score (nSPS) is 16.8. The van der Waals surface area contributed by atoms with Gasteiger partial charge >= 0.3 is 5.97 Å². The molecule has 0 saturated heterocycles. The Labute approximate surface area is 94.1 Å². The van der Waals surface area contributed by atoms with Crippen LogP contribution in [0.2, 0.25) is 0 Å². The molecule has 1 aliphatic carbocycles. The molecule has 16 heavy (non-hydrogen) atoms. The molecule has 1 aromatic carbocycles. The molecule has 0 radical (unpaired) electrons. The van der Waals surface area contributed by atoms with E-state index < -0.39 is 5.97 Å². The van der Waals surface area contributed by atoms with Gasteiger partial charge in [0.2, 0.25) is 0 Å². The summed E-state index contributed by atoms with van der Waals surface area (Å²) in [5.41, 5.74) is 0.668. The molecule has 2 rings (SSSR count). The molecule has 0 spiro atoms. The van der Waals surface area contributed by atoms with Crippen molar-refractivity contribution in [3.8, 4) is 0 Å². The van der Waals surface area contributed by atoms with Crippen molar-refractivity contribution in [2.75, 3.05) is 0 Å². The van der Waals surface area contributed by atoms with Crippen LogP contribution in [0.25, 0.3) is 0 Å². The molecule has 1 aromatic rings. The van der Waals surface area contributed by atoms with Crippen LogP contribution >= 0.6 is 0 Å². The molecule has 0 aliphatic heterocycles. The monoisotopic (exact) mass is 218 g/mol. The van der Waals surface area contributed by atoms with E-state index in [1.54, 1.807) is 0 Å². The molecule has 1 saturated carbocycles. The van der Waals surface area contributed by atoms with Crippen molar-refractivity contribution in [2.24, 2.45) is 0 Å². The second-order valence-electron chi connectivity index (χ2n) is 4.27. The molecule has 0 bridgehead atoms. The summed E-state index contributed by atoms with van der Waals surface area (Å²) < 4.78 is 0. The van der Waals surface area contributed by atoms with E-state index >= 15 is 0 Å². The Hall–Kier alpha value is -1.64. The zero-order chi connectivity index (χ0) is 11.6. The van der Waals surface area contributed by atoms with Gasteiger partial charge in [0.05, 0.1) is 11.8 Å². The van der Waals surface area contributed by atoms with Crippen LogP contribution in [0.15, 0.2) is 30.3 Å². The van der Waals surface area contributed by atoms with E-state index in [2.05, 4.69) is 0 Å². The number of ketones is 1. The van der Waals surface area contributed by atoms with Gasteiger partial charge in [0.1, 0.15) is 5.78 Å². The predicted molar refractivity (Wildman–Crippen MR) is 59.2 cm³/mol. The van der Waals surface area contributed by atoms with E-state index in [1.807, 2.05) is 30.3 Å². The van der Waals surface area contributed by atoms with Crippen LogP contribution in [-0.2, 0) is 15.0 Å². The third-order valence-electron chi connectivity index (χ3n) is 3.18. The first kappa shape index (κ1) is 10.9. The fourth-order valence-corrected chi connectivity index (χ4v) is 2.07. The summed E-state index contributed by atoms with van der Waals surface area (Å²) in [6.45, 7) is 0. The van der Waals surface area contributed by atoms with Gasteiger partial charge < -0.3 is 5.11 Å². The van der Waals surface area contributed by atoms with Gasteiger partial charge in [-0.15, -0.1) is 0 Å². The van der Waals surface area contributed by atoms with Crippen molar-refractivity contribution in [1.29, 1.82) is 0 Å². The number of rotatable bonds is 5. The van der Waals surface area contributed by atoms with Crippen molar-refractivity contribution in [1.82, 2.24) is 0 Å². The van der Waals surface area contributed by atoms with Crippen molar-refractivity contribution in [3.63, 3.8) is 0 Å². The molecule has 3 nitrogen and oxygen atoms in total. The van der Waals surface area contributed by atoms with E-state index in [1.165, 1.54) is 0 Å². The molecule has 1 fully saturated rings. The zero-order valence-corrected chi connectivity index (χ0v) is 8.98. The van der Waals surface area contributed by atoms with Crippen molar-refractivity contribution in [2.45, 2.75) is 31.1 Å². The topological polar surface area (TPSA) is 54.4 Å². The minimum absolute atomic E-state index is 0.0621. The first-order chi connectivity index (χ1) is 7.65. The average Bonchev–Trinajstić information content (AvgIpc) is 3.08. The second-order valence-corrected chi connectivity index (χ2v) is 4.27. The Bertz CT molecular complexity index is 404. The Morgan fingerprint density at radius 1 is 1.12 bits per heavy atom. The highest BCUT2D eigenvalue weighted by Crippen LogP contribution is 2.49. The number of Topliss-reactive ketones (excluding diaryl/α,β-unsaturated/α-hetero) is 1. The van der Waals surface area contributed by atoms with E-state index in [4.69, 9.17) is 5.11 Å². The largest absolute Gasteiger partial charge is 0.481 e. The molecule has 3 heteroatoms. The molecule has 84 valence electrons. The minimum Gasteiger partial charge on any atom is -0.481 e. The van der Waals surface area contributed by atoms with Gasteiger partial charge in [0, 0.05) is 6.42 Å². The summed E-state index contributed by atoms with van der Waals surface area (Å²) >= 11 is 0. The molecule has 0 atom stereocenters. The fourth-order valence-electron chi connectivity index (χ4n) is 2.07. The van der Waals surface area contributed by atoms with Gasteiger partial charge in [0.15, 0.2) is 0 Å². The van der Waals surface area contributed by atoms with Crippen molar-refractivity contribution in [3.05, 3.63) is 35.9 Å². The van der Waals surface area contributed by atoms with Crippen LogP contribution in [0.1, 0.15) is 31.2 Å². The number of benzene rings is 1. The van der Waals surface area contributed by atoms with Crippen LogP contribution < -0.4 is 0 Å². The molecule has 0 aromatic heterocycles. The number of hydrogen-bond acceptors (Lipinski definition) is 2. The summed E-state index contributed by atoms with van der Waals surface area (Å²) in [6, 6.07) is 9.65. The molecular formula is C13H14O3. The van der Waals surface area contributed by atoms with Gasteiger partial charge in [-0.3, -0.25) is 9.59 Å². The van der Waals surface area contributed by atoms with Gasteiger partial charge in [-0.05, 0) is 18.4 Å². The molecule has 0 heterocycles. The van der Waals surface area contributed by atoms with Gasteiger partial charge in [-0.1, -0.05) is 30.3 Å². The average molecular weight is 218 g/mol. The lowest BCUT2D eigenvalue weighted by atomic mass is 9.89. The number of carbonyl (C=O) groups is 2. The lowest BCUT2D eigenvalue weighted by Crippen LogP contribution is -2.21. The lowest BCUT2D eigenvalue weighted by molar-refractivity contribution is -0.138. The van der Waals surface area contributed by atoms with Crippen LogP contribution in [0.5, 0.6) is 0 Å². The Morgan fingerprint density at radius 3 is 2.25 bits per heavy atom. The highest BCUT2D eigenvalue weighted by molar-refractivity contribution is 5.94. The quantitative estimate of drug-likeness (QED) is 0.823. The Kier molecular flexibility index (Phi) is 2.77. The first-order valence-electron chi connectivity index (χ1n) is 5.46. The van der Waals surface area contributed by atoms with E-state index in [0.717, 1.165) is 18.4 Å². The Balaban J connectivity index is 2.09. The Morgan fingerprint density at radius 2 is 1.75 bits per heavy atom. The van der Waals surface area contributed by atoms with Gasteiger partial charge in [-0.2, -0.15) is 0 Å². The zero-order valence-electron chi connectivity index (χ0n) is 8.98. The van der Waals surface area contributed by atoms with Gasteiger partial charge in [0.25, 0.3) is 0 Å². The number of aliphatic carboxylic acids is 1. The molecule has 0 unspecified atom stereocenters. The summed E-state index contributed by atoms with van der Waals surface area (Å²) in [4.78, 5) is 22.4. The second kappa shape index (κ2) is 4.08. The van der Waals surface area contributed by atoms with Crippen LogP contribution in [0.4, 0.5) is 0 Å². The smallest absolute Gasteiger partial charge is 0.303 e. The summed E-state index contributed by atoms with van der Waals surface area (Å²) in [7, 11) is 0. The highest BCUT2D eigenvalue weighted by Gasteiger charge is 2.50. The summed E-state index contributed by atoms with van der Waals surface area (Å²) in [5, 5.41) is 8.57. The standard InChI is InChI=1S/C13H14O3/c14-11(6-7-12(15)16)13(8-9-13)10-4-2-1-3-5-10/h1-5H,6-9H2,(H,15,16). The van der Waals surface area contributed by atoms with Crippen LogP contribution in [0.3, 0.4) is 0 Å². The van der Waals surface area contributed by atoms with E-state index in [0.29, 0.717) is 0 Å². The third-order valence-corrected chi connectivity index (χ3v) is 3.18. The van der Waals surface area contributed by atoms with E-state index in [9.17, 15) is 9.59 Å². The number of carboxylic acids is 1. The first-order valence-corrected chi connectivity index (χ1v) is 5.46.